The first-order valence-electron chi connectivity index (χ1n) is 6.87. The second-order valence-electron chi connectivity index (χ2n) is 4.75. The highest BCUT2D eigenvalue weighted by molar-refractivity contribution is 5.38. The van der Waals surface area contributed by atoms with Gasteiger partial charge in [-0.05, 0) is 27.7 Å². The molecule has 0 aliphatic rings. The minimum absolute atomic E-state index is 0.0152. The van der Waals surface area contributed by atoms with Crippen molar-refractivity contribution in [3.63, 3.8) is 0 Å². The van der Waals surface area contributed by atoms with Gasteiger partial charge < -0.3 is 19.7 Å². The van der Waals surface area contributed by atoms with Crippen LogP contribution in [0.4, 0.5) is 11.9 Å². The van der Waals surface area contributed by atoms with Gasteiger partial charge in [0.1, 0.15) is 0 Å². The SMILES string of the molecule is CCN(c1nc(NC)nc(OC(C)C)n1)C(C)COC. The Labute approximate surface area is 120 Å². The van der Waals surface area contributed by atoms with E-state index in [4.69, 9.17) is 9.47 Å². The Balaban J connectivity index is 3.07. The van der Waals surface area contributed by atoms with Gasteiger partial charge in [0.15, 0.2) is 0 Å². The molecule has 0 bridgehead atoms. The quantitative estimate of drug-likeness (QED) is 0.776. The molecule has 7 heteroatoms. The van der Waals surface area contributed by atoms with E-state index < -0.39 is 0 Å². The summed E-state index contributed by atoms with van der Waals surface area (Å²) in [6, 6.07) is 0.501. The Hall–Kier alpha value is -1.63. The van der Waals surface area contributed by atoms with Crippen LogP contribution in [0.3, 0.4) is 0 Å². The molecule has 0 amide bonds. The zero-order chi connectivity index (χ0) is 15.1. The summed E-state index contributed by atoms with van der Waals surface area (Å²) in [6.45, 7) is 9.38. The van der Waals surface area contributed by atoms with Crippen molar-refractivity contribution in [2.75, 3.05) is 37.5 Å². The van der Waals surface area contributed by atoms with E-state index in [1.165, 1.54) is 0 Å². The number of ether oxygens (including phenoxy) is 2. The maximum Gasteiger partial charge on any atom is 0.323 e. The molecule has 0 fully saturated rings. The van der Waals surface area contributed by atoms with E-state index >= 15 is 0 Å². The van der Waals surface area contributed by atoms with E-state index in [0.29, 0.717) is 24.5 Å². The molecule has 1 atom stereocenters. The van der Waals surface area contributed by atoms with Gasteiger partial charge in [-0.2, -0.15) is 15.0 Å². The fraction of sp³-hybridized carbons (Fsp3) is 0.769. The predicted octanol–water partition coefficient (Wildman–Crippen LogP) is 1.56. The highest BCUT2D eigenvalue weighted by Crippen LogP contribution is 2.17. The maximum atomic E-state index is 5.57. The summed E-state index contributed by atoms with van der Waals surface area (Å²) in [5.41, 5.74) is 0. The summed E-state index contributed by atoms with van der Waals surface area (Å²) >= 11 is 0. The zero-order valence-electron chi connectivity index (χ0n) is 13.2. The van der Waals surface area contributed by atoms with Crippen LogP contribution in [-0.2, 0) is 4.74 Å². The second kappa shape index (κ2) is 7.84. The summed E-state index contributed by atoms with van der Waals surface area (Å²) < 4.78 is 10.8. The molecule has 1 heterocycles. The normalized spacial score (nSPS) is 12.3. The van der Waals surface area contributed by atoms with Crippen LogP contribution < -0.4 is 15.0 Å². The lowest BCUT2D eigenvalue weighted by molar-refractivity contribution is 0.181. The van der Waals surface area contributed by atoms with Crippen LogP contribution in [0, 0.1) is 0 Å². The lowest BCUT2D eigenvalue weighted by Gasteiger charge is -2.27. The van der Waals surface area contributed by atoms with E-state index in [1.807, 2.05) is 13.8 Å². The third-order valence-electron chi connectivity index (χ3n) is 2.71. The van der Waals surface area contributed by atoms with Crippen molar-refractivity contribution in [3.8, 4) is 6.01 Å². The Bertz CT molecular complexity index is 414. The van der Waals surface area contributed by atoms with Crippen LogP contribution in [0.2, 0.25) is 0 Å². The largest absolute Gasteiger partial charge is 0.461 e. The van der Waals surface area contributed by atoms with Crippen LogP contribution in [0.15, 0.2) is 0 Å². The summed E-state index contributed by atoms with van der Waals surface area (Å²) in [6.07, 6.45) is 0.0152. The summed E-state index contributed by atoms with van der Waals surface area (Å²) in [4.78, 5) is 15.0. The molecule has 1 aromatic rings. The van der Waals surface area contributed by atoms with Crippen LogP contribution in [0.1, 0.15) is 27.7 Å². The van der Waals surface area contributed by atoms with Gasteiger partial charge in [0.05, 0.1) is 18.8 Å². The number of aromatic nitrogens is 3. The van der Waals surface area contributed by atoms with Gasteiger partial charge in [-0.25, -0.2) is 0 Å². The van der Waals surface area contributed by atoms with E-state index in [9.17, 15) is 0 Å². The van der Waals surface area contributed by atoms with Crippen molar-refractivity contribution in [2.45, 2.75) is 39.8 Å². The topological polar surface area (TPSA) is 72.4 Å². The first-order chi connectivity index (χ1) is 9.51. The minimum Gasteiger partial charge on any atom is -0.461 e. The summed E-state index contributed by atoms with van der Waals surface area (Å²) in [5.74, 6) is 1.08. The lowest BCUT2D eigenvalue weighted by atomic mass is 10.3. The van der Waals surface area contributed by atoms with E-state index in [-0.39, 0.29) is 12.1 Å². The fourth-order valence-electron chi connectivity index (χ4n) is 1.83. The number of hydrogen-bond acceptors (Lipinski definition) is 7. The summed E-state index contributed by atoms with van der Waals surface area (Å²) in [5, 5.41) is 2.93. The highest BCUT2D eigenvalue weighted by Gasteiger charge is 2.18. The van der Waals surface area contributed by atoms with Gasteiger partial charge in [0, 0.05) is 20.7 Å². The van der Waals surface area contributed by atoms with Crippen molar-refractivity contribution in [2.24, 2.45) is 0 Å². The molecule has 0 radical (unpaired) electrons. The van der Waals surface area contributed by atoms with Gasteiger partial charge in [-0.15, -0.1) is 0 Å². The van der Waals surface area contributed by atoms with Crippen molar-refractivity contribution in [3.05, 3.63) is 0 Å². The monoisotopic (exact) mass is 283 g/mol. The third kappa shape index (κ3) is 4.48. The Morgan fingerprint density at radius 1 is 1.20 bits per heavy atom. The minimum atomic E-state index is 0.0152. The molecule has 1 rings (SSSR count). The molecule has 0 spiro atoms. The molecule has 0 saturated heterocycles. The van der Waals surface area contributed by atoms with Crippen molar-refractivity contribution >= 4 is 11.9 Å². The van der Waals surface area contributed by atoms with E-state index in [1.54, 1.807) is 14.2 Å². The third-order valence-corrected chi connectivity index (χ3v) is 2.71. The Morgan fingerprint density at radius 2 is 1.90 bits per heavy atom. The molecule has 0 aliphatic carbocycles. The zero-order valence-corrected chi connectivity index (χ0v) is 13.2. The molecule has 20 heavy (non-hydrogen) atoms. The average Bonchev–Trinajstić information content (AvgIpc) is 2.38. The number of methoxy groups -OCH3 is 1. The van der Waals surface area contributed by atoms with Crippen LogP contribution >= 0.6 is 0 Å². The number of nitrogens with one attached hydrogen (secondary N) is 1. The fourth-order valence-corrected chi connectivity index (χ4v) is 1.83. The van der Waals surface area contributed by atoms with E-state index in [2.05, 4.69) is 39.0 Å². The average molecular weight is 283 g/mol. The van der Waals surface area contributed by atoms with Crippen molar-refractivity contribution in [1.29, 1.82) is 0 Å². The van der Waals surface area contributed by atoms with Crippen molar-refractivity contribution < 1.29 is 9.47 Å². The predicted molar refractivity (Wildman–Crippen MR) is 79.5 cm³/mol. The number of rotatable bonds is 8. The van der Waals surface area contributed by atoms with Crippen LogP contribution in [-0.4, -0.2) is 54.4 Å². The maximum absolute atomic E-state index is 5.57. The van der Waals surface area contributed by atoms with Gasteiger partial charge in [-0.3, -0.25) is 0 Å². The molecule has 0 saturated carbocycles. The Kier molecular flexibility index (Phi) is 6.44. The molecule has 1 unspecified atom stereocenters. The molecule has 0 aliphatic heterocycles. The number of likely N-dealkylation sites (N-methyl/N-ethyl adjacent to an activating group) is 1. The molecule has 0 aromatic carbocycles. The smallest absolute Gasteiger partial charge is 0.323 e. The second-order valence-corrected chi connectivity index (χ2v) is 4.75. The van der Waals surface area contributed by atoms with Gasteiger partial charge in [-0.1, -0.05) is 0 Å². The van der Waals surface area contributed by atoms with Crippen molar-refractivity contribution in [1.82, 2.24) is 15.0 Å². The van der Waals surface area contributed by atoms with Gasteiger partial charge in [0.2, 0.25) is 11.9 Å². The lowest BCUT2D eigenvalue weighted by Crippen LogP contribution is -2.37. The number of hydrogen-bond donors (Lipinski definition) is 1. The first kappa shape index (κ1) is 16.4. The summed E-state index contributed by atoms with van der Waals surface area (Å²) in [7, 11) is 3.46. The van der Waals surface area contributed by atoms with E-state index in [0.717, 1.165) is 6.54 Å². The van der Waals surface area contributed by atoms with Gasteiger partial charge >= 0.3 is 6.01 Å². The molecule has 114 valence electrons. The highest BCUT2D eigenvalue weighted by atomic mass is 16.5. The standard InChI is InChI=1S/C13H25N5O2/c1-7-18(10(4)8-19-6)12-15-11(14-5)16-13(17-12)20-9(2)3/h9-10H,7-8H2,1-6H3,(H,14,15,16,17). The van der Waals surface area contributed by atoms with Gasteiger partial charge in [0.25, 0.3) is 0 Å². The molecule has 1 aromatic heterocycles. The first-order valence-corrected chi connectivity index (χ1v) is 6.87. The van der Waals surface area contributed by atoms with Crippen LogP contribution in [0.5, 0.6) is 6.01 Å². The molecule has 7 nitrogen and oxygen atoms in total. The molecular formula is C13H25N5O2. The molecule has 1 N–H and O–H groups in total. The molecular weight excluding hydrogens is 258 g/mol. The Morgan fingerprint density at radius 3 is 2.40 bits per heavy atom. The number of anilines is 2. The van der Waals surface area contributed by atoms with Crippen LogP contribution in [0.25, 0.3) is 0 Å². The number of nitrogens with zero attached hydrogens (tertiary/aromatic N) is 4.